The molecule has 1 aromatic rings. The summed E-state index contributed by atoms with van der Waals surface area (Å²) in [5.74, 6) is -1.11. The second-order valence-electron chi connectivity index (χ2n) is 7.48. The smallest absolute Gasteiger partial charge is 0.336 e. The van der Waals surface area contributed by atoms with E-state index in [0.29, 0.717) is 16.8 Å². The number of esters is 1. The van der Waals surface area contributed by atoms with E-state index in [1.165, 1.54) is 12.1 Å². The Balaban J connectivity index is 2.06. The van der Waals surface area contributed by atoms with Gasteiger partial charge in [0.25, 0.3) is 5.69 Å². The number of hydrogen-bond acceptors (Lipinski definition) is 8. The van der Waals surface area contributed by atoms with Crippen molar-refractivity contribution in [2.45, 2.75) is 51.4 Å². The minimum absolute atomic E-state index is 0.0538. The van der Waals surface area contributed by atoms with E-state index in [-0.39, 0.29) is 23.2 Å². The lowest BCUT2D eigenvalue weighted by Crippen LogP contribution is -2.67. The van der Waals surface area contributed by atoms with Gasteiger partial charge in [0.15, 0.2) is 0 Å². The molecule has 0 radical (unpaired) electrons. The molecule has 1 fully saturated rings. The van der Waals surface area contributed by atoms with Gasteiger partial charge in [-0.05, 0) is 32.1 Å². The third-order valence-electron chi connectivity index (χ3n) is 5.07. The van der Waals surface area contributed by atoms with Gasteiger partial charge in [-0.2, -0.15) is 0 Å². The number of rotatable bonds is 6. The Morgan fingerprint density at radius 2 is 1.93 bits per heavy atom. The van der Waals surface area contributed by atoms with Gasteiger partial charge in [-0.25, -0.2) is 4.79 Å². The lowest BCUT2D eigenvalue weighted by atomic mass is 9.74. The van der Waals surface area contributed by atoms with Crippen LogP contribution in [-0.4, -0.2) is 40.3 Å². The molecule has 1 aromatic carbocycles. The summed E-state index contributed by atoms with van der Waals surface area (Å²) in [6.45, 7) is 7.30. The number of nitrogens with one attached hydrogen (secondary N) is 3. The highest BCUT2D eigenvalue weighted by Crippen LogP contribution is 2.41. The van der Waals surface area contributed by atoms with E-state index in [0.717, 1.165) is 5.75 Å². The number of thioether (sulfide) groups is 1. The summed E-state index contributed by atoms with van der Waals surface area (Å²) in [6, 6.07) is 5.97. The van der Waals surface area contributed by atoms with E-state index in [9.17, 15) is 19.7 Å². The molecule has 0 bridgehead atoms. The number of amides is 1. The van der Waals surface area contributed by atoms with Crippen molar-refractivity contribution in [1.82, 2.24) is 16.0 Å². The monoisotopic (exact) mass is 434 g/mol. The molecule has 3 rings (SSSR count). The zero-order chi connectivity index (χ0) is 22.0. The first kappa shape index (κ1) is 22.1. The molecular weight excluding hydrogens is 408 g/mol. The molecule has 30 heavy (non-hydrogen) atoms. The van der Waals surface area contributed by atoms with Crippen LogP contribution in [0.4, 0.5) is 5.69 Å². The zero-order valence-corrected chi connectivity index (χ0v) is 18.1. The number of nitro groups is 1. The minimum Gasteiger partial charge on any atom is -0.460 e. The molecule has 9 nitrogen and oxygen atoms in total. The fraction of sp³-hybridized carbons (Fsp3) is 0.500. The van der Waals surface area contributed by atoms with Gasteiger partial charge in [0.1, 0.15) is 5.50 Å². The van der Waals surface area contributed by atoms with Crippen LogP contribution in [0, 0.1) is 16.0 Å². The standard InChI is InChI=1S/C20H26N4O5S/c1-5-30-20-22-17-16(18(25)23-20)15(12-6-8-13(9-7-12)24(27)28)14(11(4)21-17)19(26)29-10(2)3/h6-10,15-17,20-22H,5H2,1-4H3,(H,23,25). The summed E-state index contributed by atoms with van der Waals surface area (Å²) in [5.41, 5.74) is 1.32. The number of carbonyl (C=O) groups excluding carboxylic acids is 2. The maximum Gasteiger partial charge on any atom is 0.336 e. The Labute approximate surface area is 179 Å². The number of carbonyl (C=O) groups is 2. The predicted octanol–water partition coefficient (Wildman–Crippen LogP) is 2.21. The number of fused-ring (bicyclic) bond motifs is 1. The molecule has 1 amide bonds. The van der Waals surface area contributed by atoms with Crippen LogP contribution >= 0.6 is 11.8 Å². The molecule has 2 aliphatic rings. The summed E-state index contributed by atoms with van der Waals surface area (Å²) in [5, 5.41) is 20.6. The van der Waals surface area contributed by atoms with Crippen LogP contribution in [0.25, 0.3) is 0 Å². The van der Waals surface area contributed by atoms with Gasteiger partial charge in [-0.15, -0.1) is 11.8 Å². The minimum atomic E-state index is -0.626. The Bertz CT molecular complexity index is 870. The van der Waals surface area contributed by atoms with Crippen molar-refractivity contribution in [2.75, 3.05) is 5.75 Å². The van der Waals surface area contributed by atoms with Gasteiger partial charge >= 0.3 is 5.97 Å². The fourth-order valence-electron chi connectivity index (χ4n) is 3.88. The van der Waals surface area contributed by atoms with Crippen molar-refractivity contribution in [3.8, 4) is 0 Å². The van der Waals surface area contributed by atoms with Crippen molar-refractivity contribution in [1.29, 1.82) is 0 Å². The number of hydrogen-bond donors (Lipinski definition) is 3. The van der Waals surface area contributed by atoms with Crippen molar-refractivity contribution < 1.29 is 19.2 Å². The molecule has 4 atom stereocenters. The highest BCUT2D eigenvalue weighted by Gasteiger charge is 2.48. The van der Waals surface area contributed by atoms with Crippen molar-refractivity contribution in [2.24, 2.45) is 5.92 Å². The first-order chi connectivity index (χ1) is 14.2. The van der Waals surface area contributed by atoms with Crippen LogP contribution in [0.1, 0.15) is 39.2 Å². The molecule has 2 heterocycles. The molecular formula is C20H26N4O5S. The second-order valence-corrected chi connectivity index (χ2v) is 8.86. The first-order valence-electron chi connectivity index (χ1n) is 9.83. The van der Waals surface area contributed by atoms with E-state index in [4.69, 9.17) is 4.74 Å². The summed E-state index contributed by atoms with van der Waals surface area (Å²) in [7, 11) is 0. The quantitative estimate of drug-likeness (QED) is 0.354. The Morgan fingerprint density at radius 1 is 1.27 bits per heavy atom. The Morgan fingerprint density at radius 3 is 2.50 bits per heavy atom. The number of benzene rings is 1. The molecule has 162 valence electrons. The average Bonchev–Trinajstić information content (AvgIpc) is 2.66. The van der Waals surface area contributed by atoms with Gasteiger partial charge in [-0.1, -0.05) is 19.1 Å². The molecule has 0 spiro atoms. The highest BCUT2D eigenvalue weighted by molar-refractivity contribution is 7.99. The van der Waals surface area contributed by atoms with Gasteiger partial charge < -0.3 is 15.4 Å². The van der Waals surface area contributed by atoms with Crippen LogP contribution < -0.4 is 16.0 Å². The number of nitrogens with zero attached hydrogens (tertiary/aromatic N) is 1. The predicted molar refractivity (Wildman–Crippen MR) is 113 cm³/mol. The van der Waals surface area contributed by atoms with Gasteiger partial charge in [0, 0.05) is 23.7 Å². The normalized spacial score (nSPS) is 26.0. The number of nitro benzene ring substituents is 1. The van der Waals surface area contributed by atoms with E-state index in [2.05, 4.69) is 16.0 Å². The van der Waals surface area contributed by atoms with Gasteiger partial charge in [0.05, 0.1) is 28.7 Å². The maximum absolute atomic E-state index is 13.1. The lowest BCUT2D eigenvalue weighted by Gasteiger charge is -2.45. The fourth-order valence-corrected chi connectivity index (χ4v) is 4.65. The highest BCUT2D eigenvalue weighted by atomic mass is 32.2. The Kier molecular flexibility index (Phi) is 6.67. The molecule has 10 heteroatoms. The van der Waals surface area contributed by atoms with E-state index in [1.807, 2.05) is 6.92 Å². The largest absolute Gasteiger partial charge is 0.460 e. The van der Waals surface area contributed by atoms with Crippen LogP contribution in [0.2, 0.25) is 0 Å². The molecule has 4 unspecified atom stereocenters. The van der Waals surface area contributed by atoms with Crippen molar-refractivity contribution in [3.63, 3.8) is 0 Å². The molecule has 1 saturated heterocycles. The molecule has 0 aliphatic carbocycles. The molecule has 3 N–H and O–H groups in total. The van der Waals surface area contributed by atoms with Crippen LogP contribution in [0.15, 0.2) is 35.5 Å². The van der Waals surface area contributed by atoms with E-state index < -0.39 is 28.9 Å². The zero-order valence-electron chi connectivity index (χ0n) is 17.3. The SMILES string of the molecule is CCSC1NC(=O)C2C(NC(C)=C(C(=O)OC(C)C)C2c2ccc([N+](=O)[O-])cc2)N1. The lowest BCUT2D eigenvalue weighted by molar-refractivity contribution is -0.384. The van der Waals surface area contributed by atoms with Crippen LogP contribution in [0.5, 0.6) is 0 Å². The van der Waals surface area contributed by atoms with Gasteiger partial charge in [-0.3, -0.25) is 20.2 Å². The number of allylic oxidation sites excluding steroid dienone is 1. The van der Waals surface area contributed by atoms with E-state index in [1.54, 1.807) is 44.7 Å². The number of non-ortho nitro benzene ring substituents is 1. The van der Waals surface area contributed by atoms with Crippen LogP contribution in [-0.2, 0) is 14.3 Å². The maximum atomic E-state index is 13.1. The Hall–Kier alpha value is -2.59. The van der Waals surface area contributed by atoms with E-state index >= 15 is 0 Å². The third kappa shape index (κ3) is 4.44. The summed E-state index contributed by atoms with van der Waals surface area (Å²) < 4.78 is 5.45. The average molecular weight is 435 g/mol. The van der Waals surface area contributed by atoms with Gasteiger partial charge in [0.2, 0.25) is 5.91 Å². The number of ether oxygens (including phenoxy) is 1. The first-order valence-corrected chi connectivity index (χ1v) is 10.9. The van der Waals surface area contributed by atoms with Crippen molar-refractivity contribution in [3.05, 3.63) is 51.2 Å². The second kappa shape index (κ2) is 9.05. The summed E-state index contributed by atoms with van der Waals surface area (Å²) in [4.78, 5) is 36.6. The van der Waals surface area contributed by atoms with Crippen LogP contribution in [0.3, 0.4) is 0 Å². The molecule has 0 aromatic heterocycles. The summed E-state index contributed by atoms with van der Waals surface area (Å²) >= 11 is 1.56. The molecule has 2 aliphatic heterocycles. The van der Waals surface area contributed by atoms with Crippen molar-refractivity contribution >= 4 is 29.3 Å². The molecule has 0 saturated carbocycles. The topological polar surface area (TPSA) is 123 Å². The summed E-state index contributed by atoms with van der Waals surface area (Å²) in [6.07, 6.45) is -0.713. The third-order valence-corrected chi connectivity index (χ3v) is 5.99.